The number of hydrogen-bond acceptors (Lipinski definition) is 3. The summed E-state index contributed by atoms with van der Waals surface area (Å²) in [6.45, 7) is 4.05. The number of nitrogens with zero attached hydrogens (tertiary/aromatic N) is 2. The summed E-state index contributed by atoms with van der Waals surface area (Å²) in [6, 6.07) is 18.5. The smallest absolute Gasteiger partial charge is 0.259 e. The molecule has 0 bridgehead atoms. The first-order valence-corrected chi connectivity index (χ1v) is 10.9. The summed E-state index contributed by atoms with van der Waals surface area (Å²) in [5.41, 5.74) is 3.36. The summed E-state index contributed by atoms with van der Waals surface area (Å²) < 4.78 is 0. The average molecular weight is 430 g/mol. The lowest BCUT2D eigenvalue weighted by Crippen LogP contribution is -2.51. The fourth-order valence-electron chi connectivity index (χ4n) is 4.42. The summed E-state index contributed by atoms with van der Waals surface area (Å²) in [7, 11) is 1.57. The molecule has 1 aliphatic rings. The molecule has 0 aliphatic carbocycles. The van der Waals surface area contributed by atoms with Gasteiger partial charge in [-0.2, -0.15) is 0 Å². The second-order valence-corrected chi connectivity index (χ2v) is 8.06. The Bertz CT molecular complexity index is 1200. The van der Waals surface area contributed by atoms with Crippen LogP contribution in [0.3, 0.4) is 0 Å². The summed E-state index contributed by atoms with van der Waals surface area (Å²) in [4.78, 5) is 42.5. The number of rotatable bonds is 7. The van der Waals surface area contributed by atoms with Crippen LogP contribution in [0.25, 0.3) is 10.8 Å². The minimum absolute atomic E-state index is 0.119. The summed E-state index contributed by atoms with van der Waals surface area (Å²) in [6.07, 6.45) is 0.473. The Morgan fingerprint density at radius 1 is 1.03 bits per heavy atom. The summed E-state index contributed by atoms with van der Waals surface area (Å²) in [5, 5.41) is 4.51. The topological polar surface area (TPSA) is 69.7 Å². The lowest BCUT2D eigenvalue weighted by Gasteiger charge is -2.32. The van der Waals surface area contributed by atoms with Gasteiger partial charge in [0.15, 0.2) is 0 Å². The fourth-order valence-corrected chi connectivity index (χ4v) is 4.42. The molecule has 1 unspecified atom stereocenters. The minimum Gasteiger partial charge on any atom is -0.357 e. The van der Waals surface area contributed by atoms with Crippen LogP contribution in [0.4, 0.5) is 5.69 Å². The third-order valence-electron chi connectivity index (χ3n) is 6.18. The third kappa shape index (κ3) is 3.73. The number of amides is 3. The van der Waals surface area contributed by atoms with E-state index in [1.165, 1.54) is 4.90 Å². The highest BCUT2D eigenvalue weighted by atomic mass is 16.2. The van der Waals surface area contributed by atoms with Gasteiger partial charge in [-0.05, 0) is 42.0 Å². The predicted molar refractivity (Wildman–Crippen MR) is 125 cm³/mol. The Hall–Kier alpha value is -3.67. The number of nitrogens with one attached hydrogen (secondary N) is 1. The van der Waals surface area contributed by atoms with Crippen LogP contribution in [-0.4, -0.2) is 42.3 Å². The van der Waals surface area contributed by atoms with Gasteiger partial charge in [0.05, 0.1) is 5.69 Å². The quantitative estimate of drug-likeness (QED) is 0.623. The molecule has 4 rings (SSSR count). The number of likely N-dealkylation sites (N-methyl/N-ethyl adjacent to an activating group) is 1. The Morgan fingerprint density at radius 2 is 1.75 bits per heavy atom. The molecule has 0 aromatic heterocycles. The molecule has 0 spiro atoms. The molecule has 0 radical (unpaired) electrons. The molecule has 6 nitrogen and oxygen atoms in total. The monoisotopic (exact) mass is 429 g/mol. The van der Waals surface area contributed by atoms with Crippen LogP contribution in [-0.2, 0) is 16.1 Å². The first-order chi connectivity index (χ1) is 15.5. The van der Waals surface area contributed by atoms with Gasteiger partial charge < -0.3 is 10.2 Å². The highest BCUT2D eigenvalue weighted by molar-refractivity contribution is 6.26. The fraction of sp³-hybridized carbons (Fsp3) is 0.269. The molecule has 32 heavy (non-hydrogen) atoms. The Balaban J connectivity index is 1.67. The van der Waals surface area contributed by atoms with E-state index in [1.807, 2.05) is 68.4 Å². The van der Waals surface area contributed by atoms with Crippen LogP contribution in [0.15, 0.2) is 60.7 Å². The molecular formula is C26H27N3O3. The Kier molecular flexibility index (Phi) is 5.95. The van der Waals surface area contributed by atoms with Gasteiger partial charge >= 0.3 is 0 Å². The van der Waals surface area contributed by atoms with E-state index in [1.54, 1.807) is 18.0 Å². The number of carbonyl (C=O) groups excluding carboxylic acids is 3. The normalized spacial score (nSPS) is 13.3. The first-order valence-electron chi connectivity index (χ1n) is 10.9. The molecule has 0 fully saturated rings. The summed E-state index contributed by atoms with van der Waals surface area (Å²) >= 11 is 0. The van der Waals surface area contributed by atoms with E-state index in [4.69, 9.17) is 0 Å². The number of aryl methyl sites for hydroxylation is 1. The highest BCUT2D eigenvalue weighted by Crippen LogP contribution is 2.37. The standard InChI is InChI=1S/C26H27N3O3/c1-4-21(25(31)27-3)28(15-19-10-6-5-9-17(19)2)23(30)16-29-22-14-8-12-18-11-7-13-20(24(18)22)26(29)32/h5-14,21H,4,15-16H2,1-3H3,(H,27,31). The van der Waals surface area contributed by atoms with Crippen molar-refractivity contribution in [1.82, 2.24) is 10.2 Å². The van der Waals surface area contributed by atoms with Crippen LogP contribution >= 0.6 is 0 Å². The zero-order valence-electron chi connectivity index (χ0n) is 18.6. The van der Waals surface area contributed by atoms with Crippen LogP contribution in [0.1, 0.15) is 34.8 Å². The van der Waals surface area contributed by atoms with Crippen molar-refractivity contribution >= 4 is 34.2 Å². The van der Waals surface area contributed by atoms with Crippen molar-refractivity contribution in [2.75, 3.05) is 18.5 Å². The van der Waals surface area contributed by atoms with Gasteiger partial charge in [-0.1, -0.05) is 55.5 Å². The van der Waals surface area contributed by atoms with Gasteiger partial charge in [-0.15, -0.1) is 0 Å². The molecule has 6 heteroatoms. The minimum atomic E-state index is -0.622. The van der Waals surface area contributed by atoms with E-state index in [9.17, 15) is 14.4 Å². The third-order valence-corrected chi connectivity index (χ3v) is 6.18. The van der Waals surface area contributed by atoms with Crippen LogP contribution in [0.5, 0.6) is 0 Å². The second-order valence-electron chi connectivity index (χ2n) is 8.06. The second kappa shape index (κ2) is 8.83. The zero-order chi connectivity index (χ0) is 22.8. The maximum absolute atomic E-state index is 13.6. The Morgan fingerprint density at radius 3 is 2.44 bits per heavy atom. The maximum Gasteiger partial charge on any atom is 0.259 e. The van der Waals surface area contributed by atoms with Crippen molar-refractivity contribution in [2.24, 2.45) is 0 Å². The van der Waals surface area contributed by atoms with Crippen molar-refractivity contribution in [1.29, 1.82) is 0 Å². The molecule has 3 aromatic carbocycles. The first kappa shape index (κ1) is 21.6. The SMILES string of the molecule is CCC(C(=O)NC)N(Cc1ccccc1C)C(=O)CN1C(=O)c2cccc3cccc1c23. The van der Waals surface area contributed by atoms with Crippen molar-refractivity contribution in [2.45, 2.75) is 32.9 Å². The van der Waals surface area contributed by atoms with Crippen molar-refractivity contribution < 1.29 is 14.4 Å². The van der Waals surface area contributed by atoms with E-state index in [2.05, 4.69) is 5.32 Å². The van der Waals surface area contributed by atoms with Gasteiger partial charge in [0.1, 0.15) is 12.6 Å². The van der Waals surface area contributed by atoms with E-state index in [0.29, 0.717) is 18.5 Å². The molecule has 164 valence electrons. The molecular weight excluding hydrogens is 402 g/mol. The number of hydrogen-bond donors (Lipinski definition) is 1. The molecule has 0 saturated carbocycles. The van der Waals surface area contributed by atoms with Gasteiger partial charge in [-0.3, -0.25) is 19.3 Å². The molecule has 3 aromatic rings. The van der Waals surface area contributed by atoms with E-state index >= 15 is 0 Å². The number of anilines is 1. The van der Waals surface area contributed by atoms with Crippen molar-refractivity contribution in [3.8, 4) is 0 Å². The molecule has 0 saturated heterocycles. The van der Waals surface area contributed by atoms with E-state index in [-0.39, 0.29) is 24.3 Å². The molecule has 1 aliphatic heterocycles. The average Bonchev–Trinajstić information content (AvgIpc) is 3.08. The Labute approximate surface area is 187 Å². The van der Waals surface area contributed by atoms with Gasteiger partial charge in [0, 0.05) is 24.5 Å². The predicted octanol–water partition coefficient (Wildman–Crippen LogP) is 3.66. The van der Waals surface area contributed by atoms with Crippen LogP contribution in [0.2, 0.25) is 0 Å². The van der Waals surface area contributed by atoms with Gasteiger partial charge in [0.2, 0.25) is 11.8 Å². The highest BCUT2D eigenvalue weighted by Gasteiger charge is 2.34. The molecule has 3 amide bonds. The molecule has 1 heterocycles. The van der Waals surface area contributed by atoms with E-state index < -0.39 is 6.04 Å². The van der Waals surface area contributed by atoms with Crippen molar-refractivity contribution in [3.05, 3.63) is 77.4 Å². The molecule has 1 N–H and O–H groups in total. The van der Waals surface area contributed by atoms with Crippen LogP contribution in [0, 0.1) is 6.92 Å². The van der Waals surface area contributed by atoms with Crippen molar-refractivity contribution in [3.63, 3.8) is 0 Å². The lowest BCUT2D eigenvalue weighted by atomic mass is 10.1. The number of carbonyl (C=O) groups is 3. The lowest BCUT2D eigenvalue weighted by molar-refractivity contribution is -0.140. The van der Waals surface area contributed by atoms with Gasteiger partial charge in [0.25, 0.3) is 5.91 Å². The number of benzene rings is 3. The summed E-state index contributed by atoms with van der Waals surface area (Å²) in [5.74, 6) is -0.664. The maximum atomic E-state index is 13.6. The zero-order valence-corrected chi connectivity index (χ0v) is 18.6. The van der Waals surface area contributed by atoms with Crippen LogP contribution < -0.4 is 10.2 Å². The van der Waals surface area contributed by atoms with Gasteiger partial charge in [-0.25, -0.2) is 0 Å². The van der Waals surface area contributed by atoms with E-state index in [0.717, 1.165) is 27.6 Å². The molecule has 1 atom stereocenters. The largest absolute Gasteiger partial charge is 0.357 e.